The molecule has 0 amide bonds. The van der Waals surface area contributed by atoms with Gasteiger partial charge in [0.1, 0.15) is 5.75 Å². The lowest BCUT2D eigenvalue weighted by Gasteiger charge is -2.24. The fraction of sp³-hybridized carbons (Fsp3) is 0.294. The summed E-state index contributed by atoms with van der Waals surface area (Å²) in [6.07, 6.45) is 1.53. The molecule has 20 heavy (non-hydrogen) atoms. The Morgan fingerprint density at radius 3 is 2.70 bits per heavy atom. The first-order valence-electron chi connectivity index (χ1n) is 6.78. The van der Waals surface area contributed by atoms with E-state index >= 15 is 0 Å². The van der Waals surface area contributed by atoms with E-state index in [2.05, 4.69) is 22.0 Å². The lowest BCUT2D eigenvalue weighted by molar-refractivity contribution is 0.0575. The zero-order valence-corrected chi connectivity index (χ0v) is 13.0. The molecule has 0 fully saturated rings. The van der Waals surface area contributed by atoms with Gasteiger partial charge in [-0.05, 0) is 47.9 Å². The number of ether oxygens (including phenoxy) is 1. The Kier molecular flexibility index (Phi) is 3.57. The van der Waals surface area contributed by atoms with E-state index in [1.807, 2.05) is 43.3 Å². The van der Waals surface area contributed by atoms with Crippen LogP contribution in [-0.4, -0.2) is 11.7 Å². The standard InChI is InChI=1S/C17H17BrO2/c1-17(19,11-12-2-5-15(18)6-3-12)14-4-7-16-13(10-14)8-9-20-16/h2-7,10,19H,8-9,11H2,1H3. The van der Waals surface area contributed by atoms with Crippen molar-refractivity contribution in [2.75, 3.05) is 6.61 Å². The van der Waals surface area contributed by atoms with E-state index in [4.69, 9.17) is 4.74 Å². The zero-order chi connectivity index (χ0) is 14.2. The lowest BCUT2D eigenvalue weighted by atomic mass is 9.88. The molecule has 0 saturated carbocycles. The maximum atomic E-state index is 10.8. The molecular formula is C17H17BrO2. The van der Waals surface area contributed by atoms with Crippen LogP contribution >= 0.6 is 15.9 Å². The summed E-state index contributed by atoms with van der Waals surface area (Å²) in [5, 5.41) is 10.8. The molecule has 104 valence electrons. The van der Waals surface area contributed by atoms with E-state index < -0.39 is 5.60 Å². The van der Waals surface area contributed by atoms with Crippen LogP contribution in [0.1, 0.15) is 23.6 Å². The summed E-state index contributed by atoms with van der Waals surface area (Å²) in [4.78, 5) is 0. The number of aliphatic hydroxyl groups is 1. The molecule has 2 aromatic carbocycles. The predicted octanol–water partition coefficient (Wildman–Crippen LogP) is 3.83. The Morgan fingerprint density at radius 2 is 1.95 bits per heavy atom. The monoisotopic (exact) mass is 332 g/mol. The van der Waals surface area contributed by atoms with Crippen LogP contribution in [0.25, 0.3) is 0 Å². The van der Waals surface area contributed by atoms with Crippen molar-refractivity contribution in [1.29, 1.82) is 0 Å². The molecule has 1 unspecified atom stereocenters. The maximum absolute atomic E-state index is 10.8. The van der Waals surface area contributed by atoms with Crippen molar-refractivity contribution in [3.8, 4) is 5.75 Å². The first-order valence-corrected chi connectivity index (χ1v) is 7.57. The molecule has 1 N–H and O–H groups in total. The van der Waals surface area contributed by atoms with Gasteiger partial charge < -0.3 is 9.84 Å². The summed E-state index contributed by atoms with van der Waals surface area (Å²) in [6.45, 7) is 2.61. The Bertz CT molecular complexity index is 617. The lowest BCUT2D eigenvalue weighted by Crippen LogP contribution is -2.24. The Labute approximate surface area is 127 Å². The molecule has 1 heterocycles. The van der Waals surface area contributed by atoms with Crippen LogP contribution in [-0.2, 0) is 18.4 Å². The van der Waals surface area contributed by atoms with E-state index in [0.29, 0.717) is 6.42 Å². The molecule has 0 aliphatic carbocycles. The van der Waals surface area contributed by atoms with Crippen LogP contribution in [0, 0.1) is 0 Å². The normalized spacial score (nSPS) is 16.4. The second-order valence-corrected chi connectivity index (χ2v) is 6.41. The van der Waals surface area contributed by atoms with Crippen molar-refractivity contribution in [2.24, 2.45) is 0 Å². The van der Waals surface area contributed by atoms with Crippen molar-refractivity contribution in [1.82, 2.24) is 0 Å². The first-order chi connectivity index (χ1) is 9.54. The number of fused-ring (bicyclic) bond motifs is 1. The van der Waals surface area contributed by atoms with Crippen LogP contribution in [0.4, 0.5) is 0 Å². The van der Waals surface area contributed by atoms with Gasteiger partial charge in [-0.2, -0.15) is 0 Å². The van der Waals surface area contributed by atoms with Gasteiger partial charge in [0, 0.05) is 17.3 Å². The molecule has 0 spiro atoms. The molecular weight excluding hydrogens is 316 g/mol. The third kappa shape index (κ3) is 2.74. The van der Waals surface area contributed by atoms with Gasteiger partial charge in [0.25, 0.3) is 0 Å². The molecule has 1 aliphatic heterocycles. The van der Waals surface area contributed by atoms with E-state index in [1.165, 1.54) is 5.56 Å². The van der Waals surface area contributed by atoms with Crippen LogP contribution in [0.3, 0.4) is 0 Å². The fourth-order valence-electron chi connectivity index (χ4n) is 2.62. The molecule has 1 atom stereocenters. The van der Waals surface area contributed by atoms with Gasteiger partial charge in [-0.1, -0.05) is 34.1 Å². The highest BCUT2D eigenvalue weighted by atomic mass is 79.9. The van der Waals surface area contributed by atoms with Gasteiger partial charge in [0.05, 0.1) is 12.2 Å². The Hall–Kier alpha value is -1.32. The van der Waals surface area contributed by atoms with E-state index in [0.717, 1.165) is 34.4 Å². The molecule has 0 bridgehead atoms. The van der Waals surface area contributed by atoms with Crippen LogP contribution in [0.15, 0.2) is 46.9 Å². The Balaban J connectivity index is 1.85. The van der Waals surface area contributed by atoms with Crippen molar-refractivity contribution in [3.63, 3.8) is 0 Å². The van der Waals surface area contributed by atoms with Crippen LogP contribution in [0.2, 0.25) is 0 Å². The summed E-state index contributed by atoms with van der Waals surface area (Å²) >= 11 is 3.43. The topological polar surface area (TPSA) is 29.5 Å². The zero-order valence-electron chi connectivity index (χ0n) is 11.4. The smallest absolute Gasteiger partial charge is 0.122 e. The molecule has 1 aliphatic rings. The molecule has 2 nitrogen and oxygen atoms in total. The van der Waals surface area contributed by atoms with Gasteiger partial charge in [-0.15, -0.1) is 0 Å². The first kappa shape index (κ1) is 13.7. The largest absolute Gasteiger partial charge is 0.493 e. The van der Waals surface area contributed by atoms with Crippen LogP contribution < -0.4 is 4.74 Å². The minimum absolute atomic E-state index is 0.597. The van der Waals surface area contributed by atoms with Gasteiger partial charge in [-0.25, -0.2) is 0 Å². The van der Waals surface area contributed by atoms with E-state index in [-0.39, 0.29) is 0 Å². The van der Waals surface area contributed by atoms with Gasteiger partial charge in [0.15, 0.2) is 0 Å². The molecule has 0 saturated heterocycles. The quantitative estimate of drug-likeness (QED) is 0.925. The molecule has 3 rings (SSSR count). The van der Waals surface area contributed by atoms with Gasteiger partial charge in [0.2, 0.25) is 0 Å². The minimum atomic E-state index is -0.870. The number of hydrogen-bond donors (Lipinski definition) is 1. The number of benzene rings is 2. The summed E-state index contributed by atoms with van der Waals surface area (Å²) in [5.74, 6) is 0.952. The summed E-state index contributed by atoms with van der Waals surface area (Å²) in [7, 11) is 0. The number of hydrogen-bond acceptors (Lipinski definition) is 2. The van der Waals surface area contributed by atoms with Crippen molar-refractivity contribution in [2.45, 2.75) is 25.4 Å². The Morgan fingerprint density at radius 1 is 1.20 bits per heavy atom. The van der Waals surface area contributed by atoms with E-state index in [1.54, 1.807) is 0 Å². The van der Waals surface area contributed by atoms with Crippen molar-refractivity contribution < 1.29 is 9.84 Å². The van der Waals surface area contributed by atoms with Crippen molar-refractivity contribution >= 4 is 15.9 Å². The van der Waals surface area contributed by atoms with Crippen LogP contribution in [0.5, 0.6) is 5.75 Å². The summed E-state index contributed by atoms with van der Waals surface area (Å²) in [5.41, 5.74) is 2.39. The van der Waals surface area contributed by atoms with E-state index in [9.17, 15) is 5.11 Å². The van der Waals surface area contributed by atoms with Crippen molar-refractivity contribution in [3.05, 3.63) is 63.6 Å². The average molecular weight is 333 g/mol. The highest BCUT2D eigenvalue weighted by molar-refractivity contribution is 9.10. The number of halogens is 1. The summed E-state index contributed by atoms with van der Waals surface area (Å²) < 4.78 is 6.56. The average Bonchev–Trinajstić information content (AvgIpc) is 2.88. The minimum Gasteiger partial charge on any atom is -0.493 e. The summed E-state index contributed by atoms with van der Waals surface area (Å²) in [6, 6.07) is 14.1. The molecule has 3 heteroatoms. The maximum Gasteiger partial charge on any atom is 0.122 e. The third-order valence-electron chi connectivity index (χ3n) is 3.77. The predicted molar refractivity (Wildman–Crippen MR) is 83.1 cm³/mol. The SMILES string of the molecule is CC(O)(Cc1ccc(Br)cc1)c1ccc2c(c1)CCO2. The second kappa shape index (κ2) is 5.23. The highest BCUT2D eigenvalue weighted by Gasteiger charge is 2.25. The number of rotatable bonds is 3. The third-order valence-corrected chi connectivity index (χ3v) is 4.30. The second-order valence-electron chi connectivity index (χ2n) is 5.50. The van der Waals surface area contributed by atoms with Gasteiger partial charge in [-0.3, -0.25) is 0 Å². The fourth-order valence-corrected chi connectivity index (χ4v) is 2.89. The molecule has 0 radical (unpaired) electrons. The molecule has 2 aromatic rings. The molecule has 0 aromatic heterocycles. The van der Waals surface area contributed by atoms with Gasteiger partial charge >= 0.3 is 0 Å². The highest BCUT2D eigenvalue weighted by Crippen LogP contribution is 2.32.